The topological polar surface area (TPSA) is 86.8 Å². The molecule has 1 fully saturated rings. The number of carbonyl (C=O) groups excluding carboxylic acids is 2. The predicted octanol–water partition coefficient (Wildman–Crippen LogP) is 5.77. The largest absolute Gasteiger partial charge is 0.352 e. The van der Waals surface area contributed by atoms with Crippen LogP contribution in [-0.2, 0) is 32.6 Å². The summed E-state index contributed by atoms with van der Waals surface area (Å²) in [6.45, 7) is 1.53. The number of anilines is 1. The van der Waals surface area contributed by atoms with Crippen LogP contribution < -0.4 is 9.62 Å². The Labute approximate surface area is 252 Å². The van der Waals surface area contributed by atoms with E-state index in [4.69, 9.17) is 23.2 Å². The number of sulfonamides is 1. The van der Waals surface area contributed by atoms with Gasteiger partial charge in [0, 0.05) is 24.0 Å². The van der Waals surface area contributed by atoms with Gasteiger partial charge in [-0.2, -0.15) is 0 Å². The SMILES string of the molecule is Cc1cccc(CN(C(=O)CN(c2cc(Cl)ccc2Cl)S(C)(=O)=O)[C@H](Cc2ccccc2)C(=O)NC2CCCC2)c1. The van der Waals surface area contributed by atoms with Crippen LogP contribution in [0.2, 0.25) is 10.0 Å². The highest BCUT2D eigenvalue weighted by Crippen LogP contribution is 2.31. The minimum Gasteiger partial charge on any atom is -0.352 e. The van der Waals surface area contributed by atoms with Crippen LogP contribution in [0.3, 0.4) is 0 Å². The van der Waals surface area contributed by atoms with E-state index in [1.807, 2.05) is 61.5 Å². The third-order valence-electron chi connectivity index (χ3n) is 7.26. The van der Waals surface area contributed by atoms with Crippen LogP contribution in [-0.4, -0.2) is 50.0 Å². The second-order valence-corrected chi connectivity index (χ2v) is 13.3. The monoisotopic (exact) mass is 615 g/mol. The lowest BCUT2D eigenvalue weighted by molar-refractivity contribution is -0.140. The molecule has 0 bridgehead atoms. The van der Waals surface area contributed by atoms with Gasteiger partial charge in [0.15, 0.2) is 0 Å². The van der Waals surface area contributed by atoms with Crippen LogP contribution in [0.5, 0.6) is 0 Å². The molecule has 1 aliphatic carbocycles. The number of carbonyl (C=O) groups is 2. The van der Waals surface area contributed by atoms with Crippen molar-refractivity contribution in [3.05, 3.63) is 99.5 Å². The zero-order valence-corrected chi connectivity index (χ0v) is 25.6. The van der Waals surface area contributed by atoms with Crippen molar-refractivity contribution in [3.63, 3.8) is 0 Å². The van der Waals surface area contributed by atoms with Crippen molar-refractivity contribution in [2.75, 3.05) is 17.1 Å². The van der Waals surface area contributed by atoms with Crippen molar-refractivity contribution >= 4 is 50.7 Å². The van der Waals surface area contributed by atoms with Crippen LogP contribution >= 0.6 is 23.2 Å². The van der Waals surface area contributed by atoms with Crippen molar-refractivity contribution in [3.8, 4) is 0 Å². The highest BCUT2D eigenvalue weighted by Gasteiger charge is 2.34. The van der Waals surface area contributed by atoms with E-state index in [9.17, 15) is 18.0 Å². The van der Waals surface area contributed by atoms with Gasteiger partial charge in [0.2, 0.25) is 21.8 Å². The zero-order chi connectivity index (χ0) is 29.6. The van der Waals surface area contributed by atoms with E-state index in [-0.39, 0.29) is 40.6 Å². The first kappa shape index (κ1) is 30.9. The number of halogens is 2. The third-order valence-corrected chi connectivity index (χ3v) is 8.95. The highest BCUT2D eigenvalue weighted by atomic mass is 35.5. The summed E-state index contributed by atoms with van der Waals surface area (Å²) in [6.07, 6.45) is 5.16. The Morgan fingerprint density at radius 3 is 2.29 bits per heavy atom. The van der Waals surface area contributed by atoms with Crippen molar-refractivity contribution in [1.29, 1.82) is 0 Å². The third kappa shape index (κ3) is 8.47. The first-order chi connectivity index (χ1) is 19.5. The Balaban J connectivity index is 1.74. The number of nitrogens with zero attached hydrogens (tertiary/aromatic N) is 2. The normalized spacial score (nSPS) is 14.4. The van der Waals surface area contributed by atoms with E-state index in [1.165, 1.54) is 17.0 Å². The summed E-state index contributed by atoms with van der Waals surface area (Å²) in [4.78, 5) is 29.6. The number of rotatable bonds is 11. The quantitative estimate of drug-likeness (QED) is 0.297. The molecule has 10 heteroatoms. The van der Waals surface area contributed by atoms with Gasteiger partial charge in [0.25, 0.3) is 0 Å². The van der Waals surface area contributed by atoms with Crippen molar-refractivity contribution in [2.45, 2.75) is 57.7 Å². The molecule has 3 aromatic rings. The fraction of sp³-hybridized carbons (Fsp3) is 0.355. The molecule has 3 aromatic carbocycles. The van der Waals surface area contributed by atoms with E-state index in [0.717, 1.165) is 52.9 Å². The average molecular weight is 617 g/mol. The van der Waals surface area contributed by atoms with Gasteiger partial charge in [-0.1, -0.05) is 96.2 Å². The lowest BCUT2D eigenvalue weighted by Gasteiger charge is -2.34. The molecular formula is C31H35Cl2N3O4S. The first-order valence-electron chi connectivity index (χ1n) is 13.6. The van der Waals surface area contributed by atoms with Gasteiger partial charge in [0.05, 0.1) is 17.0 Å². The molecule has 4 rings (SSSR count). The lowest BCUT2D eigenvalue weighted by atomic mass is 10.0. The second kappa shape index (κ2) is 13.7. The summed E-state index contributed by atoms with van der Waals surface area (Å²) < 4.78 is 26.9. The maximum absolute atomic E-state index is 14.2. The Morgan fingerprint density at radius 2 is 1.63 bits per heavy atom. The van der Waals surface area contributed by atoms with Gasteiger partial charge >= 0.3 is 0 Å². The Kier molecular flexibility index (Phi) is 10.3. The summed E-state index contributed by atoms with van der Waals surface area (Å²) in [7, 11) is -3.95. The van der Waals surface area contributed by atoms with Gasteiger partial charge < -0.3 is 10.2 Å². The van der Waals surface area contributed by atoms with E-state index in [0.29, 0.717) is 0 Å². The molecule has 2 amide bonds. The Hall–Kier alpha value is -3.07. The lowest BCUT2D eigenvalue weighted by Crippen LogP contribution is -2.54. The molecule has 0 saturated heterocycles. The van der Waals surface area contributed by atoms with Crippen LogP contribution in [0.1, 0.15) is 42.4 Å². The first-order valence-corrected chi connectivity index (χ1v) is 16.2. The minimum atomic E-state index is -3.95. The molecule has 0 aliphatic heterocycles. The summed E-state index contributed by atoms with van der Waals surface area (Å²) in [5, 5.41) is 3.57. The predicted molar refractivity (Wildman–Crippen MR) is 165 cm³/mol. The van der Waals surface area contributed by atoms with Crippen molar-refractivity contribution in [1.82, 2.24) is 10.2 Å². The molecular weight excluding hydrogens is 581 g/mol. The second-order valence-electron chi connectivity index (χ2n) is 10.6. The number of hydrogen-bond donors (Lipinski definition) is 1. The Morgan fingerprint density at radius 1 is 0.951 bits per heavy atom. The molecule has 1 aliphatic rings. The van der Waals surface area contributed by atoms with Gasteiger partial charge in [-0.3, -0.25) is 13.9 Å². The molecule has 0 unspecified atom stereocenters. The summed E-state index contributed by atoms with van der Waals surface area (Å²) in [5.41, 5.74) is 2.82. The van der Waals surface area contributed by atoms with E-state index in [1.54, 1.807) is 6.07 Å². The summed E-state index contributed by atoms with van der Waals surface area (Å²) in [5.74, 6) is -0.788. The summed E-state index contributed by atoms with van der Waals surface area (Å²) >= 11 is 12.5. The number of amides is 2. The smallest absolute Gasteiger partial charge is 0.244 e. The molecule has 218 valence electrons. The number of nitrogens with one attached hydrogen (secondary N) is 1. The molecule has 1 N–H and O–H groups in total. The molecule has 0 spiro atoms. The van der Waals surface area contributed by atoms with Crippen LogP contribution in [0.4, 0.5) is 5.69 Å². The number of hydrogen-bond acceptors (Lipinski definition) is 4. The number of aryl methyl sites for hydroxylation is 1. The zero-order valence-electron chi connectivity index (χ0n) is 23.2. The van der Waals surface area contributed by atoms with E-state index in [2.05, 4.69) is 5.32 Å². The van der Waals surface area contributed by atoms with Gasteiger partial charge in [-0.05, 0) is 49.1 Å². The molecule has 1 saturated carbocycles. The van der Waals surface area contributed by atoms with Crippen molar-refractivity contribution in [2.24, 2.45) is 0 Å². The maximum Gasteiger partial charge on any atom is 0.244 e. The standard InChI is InChI=1S/C31H35Cl2N3O4S/c1-22-9-8-12-24(17-22)20-35(30(37)21-36(41(2,39)40)28-19-25(32)15-16-27(28)33)29(18-23-10-4-3-5-11-23)31(38)34-26-13-6-7-14-26/h3-5,8-12,15-17,19,26,29H,6-7,13-14,18,20-21H2,1-2H3,(H,34,38)/t29-/m1/s1. The molecule has 0 heterocycles. The van der Waals surface area contributed by atoms with E-state index < -0.39 is 28.5 Å². The van der Waals surface area contributed by atoms with Crippen molar-refractivity contribution < 1.29 is 18.0 Å². The highest BCUT2D eigenvalue weighted by molar-refractivity contribution is 7.92. The fourth-order valence-corrected chi connectivity index (χ4v) is 6.49. The van der Waals surface area contributed by atoms with E-state index >= 15 is 0 Å². The average Bonchev–Trinajstić information content (AvgIpc) is 3.43. The van der Waals surface area contributed by atoms with Gasteiger partial charge in [-0.15, -0.1) is 0 Å². The van der Waals surface area contributed by atoms with Gasteiger partial charge in [0.1, 0.15) is 12.6 Å². The van der Waals surface area contributed by atoms with Crippen LogP contribution in [0, 0.1) is 6.92 Å². The fourth-order valence-electron chi connectivity index (χ4n) is 5.20. The number of benzene rings is 3. The molecule has 0 aromatic heterocycles. The molecule has 1 atom stereocenters. The van der Waals surface area contributed by atoms with Gasteiger partial charge in [-0.25, -0.2) is 8.42 Å². The molecule has 7 nitrogen and oxygen atoms in total. The minimum absolute atomic E-state index is 0.0504. The van der Waals surface area contributed by atoms with Crippen LogP contribution in [0.25, 0.3) is 0 Å². The Bertz CT molecular complexity index is 1480. The van der Waals surface area contributed by atoms with Crippen LogP contribution in [0.15, 0.2) is 72.8 Å². The molecule has 0 radical (unpaired) electrons. The summed E-state index contributed by atoms with van der Waals surface area (Å²) in [6, 6.07) is 20.8. The maximum atomic E-state index is 14.2. The molecule has 41 heavy (non-hydrogen) atoms.